The SMILES string of the molecule is COC(=O)C(CNC(=O)c1ccc(Cl)s1)NS(=O)(=O)c1cccc(-c2cccn(C)c2=O)c1OC. The van der Waals surface area contributed by atoms with Crippen LogP contribution in [0.3, 0.4) is 0 Å². The summed E-state index contributed by atoms with van der Waals surface area (Å²) in [7, 11) is -0.437. The van der Waals surface area contributed by atoms with Crippen molar-refractivity contribution in [2.24, 2.45) is 7.05 Å². The number of nitrogens with one attached hydrogen (secondary N) is 2. The lowest BCUT2D eigenvalue weighted by atomic mass is 10.1. The van der Waals surface area contributed by atoms with Crippen molar-refractivity contribution in [3.05, 3.63) is 68.2 Å². The number of amides is 1. The molecule has 3 rings (SSSR count). The third kappa shape index (κ3) is 5.90. The molecule has 186 valence electrons. The number of pyridine rings is 1. The summed E-state index contributed by atoms with van der Waals surface area (Å²) in [5.41, 5.74) is 0.140. The smallest absolute Gasteiger partial charge is 0.325 e. The Hall–Kier alpha value is -3.19. The lowest BCUT2D eigenvalue weighted by molar-refractivity contribution is -0.142. The molecule has 35 heavy (non-hydrogen) atoms. The number of aromatic nitrogens is 1. The van der Waals surface area contributed by atoms with Gasteiger partial charge >= 0.3 is 5.97 Å². The molecule has 1 aromatic carbocycles. The van der Waals surface area contributed by atoms with Crippen molar-refractivity contribution < 1.29 is 27.5 Å². The van der Waals surface area contributed by atoms with E-state index < -0.39 is 27.9 Å². The summed E-state index contributed by atoms with van der Waals surface area (Å²) < 4.78 is 40.7. The third-order valence-electron chi connectivity index (χ3n) is 4.93. The molecular weight excluding hydrogens is 518 g/mol. The highest BCUT2D eigenvalue weighted by molar-refractivity contribution is 7.89. The molecule has 0 aliphatic heterocycles. The molecule has 0 aliphatic carbocycles. The molecule has 1 atom stereocenters. The van der Waals surface area contributed by atoms with Gasteiger partial charge in [0.2, 0.25) is 10.0 Å². The fourth-order valence-corrected chi connectivity index (χ4v) is 5.57. The van der Waals surface area contributed by atoms with Crippen LogP contribution in [0.2, 0.25) is 4.34 Å². The number of benzene rings is 1. The number of hydrogen-bond donors (Lipinski definition) is 2. The average molecular weight is 540 g/mol. The second-order valence-electron chi connectivity index (χ2n) is 7.19. The lowest BCUT2D eigenvalue weighted by Gasteiger charge is -2.19. The molecule has 0 saturated heterocycles. The minimum Gasteiger partial charge on any atom is -0.495 e. The van der Waals surface area contributed by atoms with Crippen LogP contribution < -0.4 is 20.3 Å². The van der Waals surface area contributed by atoms with Crippen molar-refractivity contribution in [1.82, 2.24) is 14.6 Å². The summed E-state index contributed by atoms with van der Waals surface area (Å²) >= 11 is 6.87. The van der Waals surface area contributed by atoms with E-state index in [2.05, 4.69) is 10.0 Å². The standard InChI is InChI=1S/C22H22ClN3O7S2/c1-26-11-5-7-14(21(26)28)13-6-4-8-17(19(13)32-2)35(30,31)25-15(22(29)33-3)12-24-20(27)16-9-10-18(23)34-16/h4-11,15,25H,12H2,1-3H3,(H,24,27). The largest absolute Gasteiger partial charge is 0.495 e. The van der Waals surface area contributed by atoms with Gasteiger partial charge in [-0.05, 0) is 30.3 Å². The Morgan fingerprint density at radius 1 is 1.11 bits per heavy atom. The lowest BCUT2D eigenvalue weighted by Crippen LogP contribution is -2.48. The van der Waals surface area contributed by atoms with E-state index in [1.54, 1.807) is 37.5 Å². The Morgan fingerprint density at radius 3 is 2.46 bits per heavy atom. The van der Waals surface area contributed by atoms with Gasteiger partial charge in [-0.2, -0.15) is 4.72 Å². The van der Waals surface area contributed by atoms with Crippen LogP contribution in [0.5, 0.6) is 5.75 Å². The molecule has 2 aromatic heterocycles. The Morgan fingerprint density at radius 2 is 1.83 bits per heavy atom. The summed E-state index contributed by atoms with van der Waals surface area (Å²) in [6.07, 6.45) is 1.57. The molecule has 13 heteroatoms. The number of aryl methyl sites for hydroxylation is 1. The van der Waals surface area contributed by atoms with Gasteiger partial charge in [-0.1, -0.05) is 23.7 Å². The van der Waals surface area contributed by atoms with Crippen LogP contribution in [0.4, 0.5) is 0 Å². The van der Waals surface area contributed by atoms with E-state index in [-0.39, 0.29) is 33.9 Å². The number of ether oxygens (including phenoxy) is 2. The predicted octanol–water partition coefficient (Wildman–Crippen LogP) is 2.03. The van der Waals surface area contributed by atoms with Crippen molar-refractivity contribution in [3.63, 3.8) is 0 Å². The van der Waals surface area contributed by atoms with Crippen LogP contribution in [0.25, 0.3) is 11.1 Å². The topological polar surface area (TPSA) is 133 Å². The minimum atomic E-state index is -4.37. The molecule has 1 amide bonds. The fourth-order valence-electron chi connectivity index (χ4n) is 3.24. The molecule has 0 saturated carbocycles. The maximum atomic E-state index is 13.3. The zero-order valence-electron chi connectivity index (χ0n) is 18.9. The first kappa shape index (κ1) is 26.4. The highest BCUT2D eigenvalue weighted by Gasteiger charge is 2.30. The summed E-state index contributed by atoms with van der Waals surface area (Å²) in [6, 6.07) is 9.08. The van der Waals surface area contributed by atoms with Gasteiger partial charge < -0.3 is 19.4 Å². The number of halogens is 1. The molecule has 1 unspecified atom stereocenters. The zero-order chi connectivity index (χ0) is 25.8. The van der Waals surface area contributed by atoms with E-state index in [1.807, 2.05) is 0 Å². The maximum absolute atomic E-state index is 13.3. The van der Waals surface area contributed by atoms with E-state index in [4.69, 9.17) is 21.1 Å². The molecule has 2 heterocycles. The molecule has 0 radical (unpaired) electrons. The van der Waals surface area contributed by atoms with Gasteiger partial charge in [-0.25, -0.2) is 8.42 Å². The number of carbonyl (C=O) groups excluding carboxylic acids is 2. The molecule has 0 spiro atoms. The number of sulfonamides is 1. The number of hydrogen-bond acceptors (Lipinski definition) is 8. The second-order valence-corrected chi connectivity index (χ2v) is 10.6. The number of esters is 1. The van der Waals surface area contributed by atoms with E-state index in [9.17, 15) is 22.8 Å². The molecule has 0 aliphatic rings. The van der Waals surface area contributed by atoms with E-state index in [0.29, 0.717) is 9.21 Å². The molecule has 0 fully saturated rings. The van der Waals surface area contributed by atoms with Crippen molar-refractivity contribution in [1.29, 1.82) is 0 Å². The first-order valence-electron chi connectivity index (χ1n) is 10.1. The van der Waals surface area contributed by atoms with E-state index in [0.717, 1.165) is 18.4 Å². The maximum Gasteiger partial charge on any atom is 0.325 e. The van der Waals surface area contributed by atoms with Crippen LogP contribution in [0.1, 0.15) is 9.67 Å². The number of carbonyl (C=O) groups is 2. The van der Waals surface area contributed by atoms with Gasteiger partial charge in [-0.15, -0.1) is 11.3 Å². The van der Waals surface area contributed by atoms with E-state index in [1.165, 1.54) is 29.9 Å². The van der Waals surface area contributed by atoms with E-state index >= 15 is 0 Å². The molecule has 2 N–H and O–H groups in total. The first-order valence-corrected chi connectivity index (χ1v) is 12.7. The van der Waals surface area contributed by atoms with Crippen LogP contribution >= 0.6 is 22.9 Å². The number of para-hydroxylation sites is 1. The normalized spacial score (nSPS) is 12.1. The van der Waals surface area contributed by atoms with Gasteiger partial charge in [0, 0.05) is 25.4 Å². The summed E-state index contributed by atoms with van der Waals surface area (Å²) in [5.74, 6) is -1.52. The van der Waals surface area contributed by atoms with Gasteiger partial charge in [0.15, 0.2) is 0 Å². The minimum absolute atomic E-state index is 0.0795. The van der Waals surface area contributed by atoms with Crippen LogP contribution in [0.15, 0.2) is 58.4 Å². The van der Waals surface area contributed by atoms with Crippen LogP contribution in [-0.2, 0) is 26.6 Å². The molecule has 10 nitrogen and oxygen atoms in total. The third-order valence-corrected chi connectivity index (χ3v) is 7.66. The molecular formula is C22H22ClN3O7S2. The highest BCUT2D eigenvalue weighted by atomic mass is 35.5. The Kier molecular flexibility index (Phi) is 8.33. The van der Waals surface area contributed by atoms with Crippen LogP contribution in [0, 0.1) is 0 Å². The molecule has 0 bridgehead atoms. The number of rotatable bonds is 9. The monoisotopic (exact) mass is 539 g/mol. The summed E-state index contributed by atoms with van der Waals surface area (Å²) in [5, 5.41) is 2.49. The zero-order valence-corrected chi connectivity index (χ0v) is 21.3. The number of thiophene rings is 1. The summed E-state index contributed by atoms with van der Waals surface area (Å²) in [6.45, 7) is -0.387. The average Bonchev–Trinajstić information content (AvgIpc) is 3.28. The number of nitrogens with zero attached hydrogens (tertiary/aromatic N) is 1. The van der Waals surface area contributed by atoms with Crippen molar-refractivity contribution in [2.45, 2.75) is 10.9 Å². The Labute approximate surface area is 210 Å². The predicted molar refractivity (Wildman–Crippen MR) is 131 cm³/mol. The second kappa shape index (κ2) is 11.0. The summed E-state index contributed by atoms with van der Waals surface area (Å²) in [4.78, 5) is 37.2. The van der Waals surface area contributed by atoms with Crippen LogP contribution in [-0.4, -0.2) is 51.7 Å². The Balaban J connectivity index is 1.93. The van der Waals surface area contributed by atoms with Crippen molar-refractivity contribution in [2.75, 3.05) is 20.8 Å². The Bertz CT molecular complexity index is 1420. The van der Waals surface area contributed by atoms with Crippen molar-refractivity contribution in [3.8, 4) is 16.9 Å². The fraction of sp³-hybridized carbons (Fsp3) is 0.227. The van der Waals surface area contributed by atoms with Gasteiger partial charge in [0.25, 0.3) is 11.5 Å². The molecule has 3 aromatic rings. The van der Waals surface area contributed by atoms with Crippen molar-refractivity contribution >= 4 is 44.8 Å². The van der Waals surface area contributed by atoms with Gasteiger partial charge in [0.05, 0.1) is 29.0 Å². The highest BCUT2D eigenvalue weighted by Crippen LogP contribution is 2.34. The number of methoxy groups -OCH3 is 2. The first-order chi connectivity index (χ1) is 16.6. The van der Waals surface area contributed by atoms with Gasteiger partial charge in [-0.3, -0.25) is 14.4 Å². The van der Waals surface area contributed by atoms with Gasteiger partial charge in [0.1, 0.15) is 16.7 Å². The quantitative estimate of drug-likeness (QED) is 0.397.